The molecule has 0 saturated carbocycles. The fourth-order valence-corrected chi connectivity index (χ4v) is 3.92. The third-order valence-electron chi connectivity index (χ3n) is 5.37. The first-order valence-corrected chi connectivity index (χ1v) is 9.29. The van der Waals surface area contributed by atoms with E-state index in [9.17, 15) is 9.59 Å². The van der Waals surface area contributed by atoms with Gasteiger partial charge in [-0.3, -0.25) is 9.59 Å². The Morgan fingerprint density at radius 3 is 2.85 bits per heavy atom. The maximum Gasteiger partial charge on any atom is 0.289 e. The number of aryl methyl sites for hydroxylation is 1. The summed E-state index contributed by atoms with van der Waals surface area (Å²) in [6, 6.07) is 8.82. The minimum atomic E-state index is -0.215. The zero-order valence-electron chi connectivity index (χ0n) is 15.6. The predicted octanol–water partition coefficient (Wildman–Crippen LogP) is 3.48. The quantitative estimate of drug-likeness (QED) is 0.828. The number of nitrogens with zero attached hydrogens (tertiary/aromatic N) is 1. The Balaban J connectivity index is 1.48. The number of ketones is 1. The summed E-state index contributed by atoms with van der Waals surface area (Å²) in [5, 5.41) is 0. The SMILES string of the molecule is COc1ccc2c(c1)C(=O)C[C@H]([C@@H]1CCCN(C(=O)c3ccc(C)o3)C1)O2. The Morgan fingerprint density at radius 2 is 2.11 bits per heavy atom. The van der Waals surface area contributed by atoms with Gasteiger partial charge in [-0.05, 0) is 50.1 Å². The molecular weight excluding hydrogens is 346 g/mol. The molecule has 0 spiro atoms. The topological polar surface area (TPSA) is 69.0 Å². The minimum absolute atomic E-state index is 0.0604. The summed E-state index contributed by atoms with van der Waals surface area (Å²) in [5.74, 6) is 2.42. The van der Waals surface area contributed by atoms with Crippen molar-refractivity contribution in [3.63, 3.8) is 0 Å². The van der Waals surface area contributed by atoms with Crippen LogP contribution < -0.4 is 9.47 Å². The number of carbonyl (C=O) groups excluding carboxylic acids is 2. The lowest BCUT2D eigenvalue weighted by Gasteiger charge is -2.38. The molecule has 6 heteroatoms. The van der Waals surface area contributed by atoms with Gasteiger partial charge in [-0.1, -0.05) is 0 Å². The van der Waals surface area contributed by atoms with Crippen LogP contribution in [0.5, 0.6) is 11.5 Å². The first-order chi connectivity index (χ1) is 13.0. The van der Waals surface area contributed by atoms with Gasteiger partial charge in [0.2, 0.25) is 0 Å². The number of fused-ring (bicyclic) bond motifs is 1. The second kappa shape index (κ2) is 7.10. The maximum atomic E-state index is 12.7. The maximum absolute atomic E-state index is 12.7. The van der Waals surface area contributed by atoms with Crippen molar-refractivity contribution in [2.24, 2.45) is 5.92 Å². The molecule has 1 saturated heterocycles. The second-order valence-electron chi connectivity index (χ2n) is 7.21. The van der Waals surface area contributed by atoms with Crippen LogP contribution >= 0.6 is 0 Å². The van der Waals surface area contributed by atoms with Gasteiger partial charge in [0, 0.05) is 25.4 Å². The molecule has 0 bridgehead atoms. The predicted molar refractivity (Wildman–Crippen MR) is 98.4 cm³/mol. The van der Waals surface area contributed by atoms with E-state index in [1.807, 2.05) is 11.8 Å². The van der Waals surface area contributed by atoms with Crippen molar-refractivity contribution < 1.29 is 23.5 Å². The fraction of sp³-hybridized carbons (Fsp3) is 0.429. The first kappa shape index (κ1) is 17.6. The van der Waals surface area contributed by atoms with Crippen LogP contribution in [0.2, 0.25) is 0 Å². The summed E-state index contributed by atoms with van der Waals surface area (Å²) in [5.41, 5.74) is 0.570. The van der Waals surface area contributed by atoms with Gasteiger partial charge < -0.3 is 18.8 Å². The highest BCUT2D eigenvalue weighted by Gasteiger charge is 2.36. The molecule has 0 aliphatic carbocycles. The van der Waals surface area contributed by atoms with Gasteiger partial charge in [-0.25, -0.2) is 0 Å². The van der Waals surface area contributed by atoms with Gasteiger partial charge >= 0.3 is 0 Å². The molecule has 2 aliphatic rings. The smallest absolute Gasteiger partial charge is 0.289 e. The molecule has 3 heterocycles. The van der Waals surface area contributed by atoms with Gasteiger partial charge in [-0.15, -0.1) is 0 Å². The highest BCUT2D eigenvalue weighted by atomic mass is 16.5. The van der Waals surface area contributed by atoms with E-state index in [-0.39, 0.29) is 23.7 Å². The van der Waals surface area contributed by atoms with E-state index < -0.39 is 0 Å². The molecule has 4 rings (SSSR count). The lowest BCUT2D eigenvalue weighted by Crippen LogP contribution is -2.46. The van der Waals surface area contributed by atoms with Crippen molar-refractivity contribution in [2.45, 2.75) is 32.3 Å². The standard InChI is InChI=1S/C21H23NO5/c1-13-5-7-19(26-13)21(24)22-9-3-4-14(12-22)20-11-17(23)16-10-15(25-2)6-8-18(16)27-20/h5-8,10,14,20H,3-4,9,11-12H2,1-2H3/t14-,20-/m1/s1. The monoisotopic (exact) mass is 369 g/mol. The van der Waals surface area contributed by atoms with Crippen molar-refractivity contribution in [2.75, 3.05) is 20.2 Å². The largest absolute Gasteiger partial charge is 0.497 e. The van der Waals surface area contributed by atoms with Crippen molar-refractivity contribution in [1.29, 1.82) is 0 Å². The van der Waals surface area contributed by atoms with Gasteiger partial charge in [-0.2, -0.15) is 0 Å². The molecule has 1 fully saturated rings. The zero-order valence-corrected chi connectivity index (χ0v) is 15.6. The number of amides is 1. The Labute approximate surface area is 158 Å². The lowest BCUT2D eigenvalue weighted by atomic mass is 9.86. The van der Waals surface area contributed by atoms with Gasteiger partial charge in [0.15, 0.2) is 11.5 Å². The van der Waals surface area contributed by atoms with Crippen LogP contribution in [0.15, 0.2) is 34.7 Å². The van der Waals surface area contributed by atoms with E-state index >= 15 is 0 Å². The summed E-state index contributed by atoms with van der Waals surface area (Å²) in [4.78, 5) is 27.1. The van der Waals surface area contributed by atoms with E-state index in [0.717, 1.165) is 18.6 Å². The molecule has 1 amide bonds. The molecule has 2 aliphatic heterocycles. The summed E-state index contributed by atoms with van der Waals surface area (Å²) in [6.45, 7) is 3.09. The first-order valence-electron chi connectivity index (χ1n) is 9.29. The molecule has 6 nitrogen and oxygen atoms in total. The van der Waals surface area contributed by atoms with E-state index in [2.05, 4.69) is 0 Å². The molecule has 1 aromatic carbocycles. The average molecular weight is 369 g/mol. The van der Waals surface area contributed by atoms with Crippen molar-refractivity contribution in [3.05, 3.63) is 47.4 Å². The van der Waals surface area contributed by atoms with Crippen LogP contribution in [0.3, 0.4) is 0 Å². The second-order valence-corrected chi connectivity index (χ2v) is 7.21. The van der Waals surface area contributed by atoms with Crippen LogP contribution in [0.25, 0.3) is 0 Å². The van der Waals surface area contributed by atoms with Gasteiger partial charge in [0.1, 0.15) is 23.4 Å². The minimum Gasteiger partial charge on any atom is -0.497 e. The van der Waals surface area contributed by atoms with Crippen LogP contribution in [0.4, 0.5) is 0 Å². The molecular formula is C21H23NO5. The fourth-order valence-electron chi connectivity index (χ4n) is 3.92. The number of Topliss-reactive ketones (excluding diaryl/α,β-unsaturated/α-hetero) is 1. The number of hydrogen-bond donors (Lipinski definition) is 0. The van der Waals surface area contributed by atoms with Crippen LogP contribution in [-0.2, 0) is 0 Å². The Hall–Kier alpha value is -2.76. The van der Waals surface area contributed by atoms with Crippen LogP contribution in [0.1, 0.15) is 45.9 Å². The average Bonchev–Trinajstić information content (AvgIpc) is 3.13. The highest BCUT2D eigenvalue weighted by Crippen LogP contribution is 2.35. The van der Waals surface area contributed by atoms with E-state index in [0.29, 0.717) is 42.3 Å². The van der Waals surface area contributed by atoms with Crippen molar-refractivity contribution >= 4 is 11.7 Å². The number of methoxy groups -OCH3 is 1. The van der Waals surface area contributed by atoms with Crippen LogP contribution in [0, 0.1) is 12.8 Å². The number of piperidine rings is 1. The normalized spacial score (nSPS) is 22.1. The number of rotatable bonds is 3. The number of hydrogen-bond acceptors (Lipinski definition) is 5. The summed E-state index contributed by atoms with van der Waals surface area (Å²) in [6.07, 6.45) is 1.93. The molecule has 1 aromatic heterocycles. The highest BCUT2D eigenvalue weighted by molar-refractivity contribution is 6.00. The summed E-state index contributed by atoms with van der Waals surface area (Å²) < 4.78 is 16.8. The Morgan fingerprint density at radius 1 is 1.26 bits per heavy atom. The molecule has 142 valence electrons. The number of carbonyl (C=O) groups is 2. The summed E-state index contributed by atoms with van der Waals surface area (Å²) in [7, 11) is 1.58. The molecule has 2 atom stereocenters. The molecule has 0 radical (unpaired) electrons. The molecule has 2 aromatic rings. The number of furan rings is 1. The zero-order chi connectivity index (χ0) is 19.0. The van der Waals surface area contributed by atoms with Crippen molar-refractivity contribution in [1.82, 2.24) is 4.90 Å². The number of benzene rings is 1. The lowest BCUT2D eigenvalue weighted by molar-refractivity contribution is 0.0390. The Kier molecular flexibility index (Phi) is 4.64. The summed E-state index contributed by atoms with van der Waals surface area (Å²) >= 11 is 0. The van der Waals surface area contributed by atoms with Crippen molar-refractivity contribution in [3.8, 4) is 11.5 Å². The third-order valence-corrected chi connectivity index (χ3v) is 5.37. The number of likely N-dealkylation sites (tertiary alicyclic amines) is 1. The molecule has 27 heavy (non-hydrogen) atoms. The van der Waals surface area contributed by atoms with E-state index in [4.69, 9.17) is 13.9 Å². The third kappa shape index (κ3) is 3.44. The van der Waals surface area contributed by atoms with Gasteiger partial charge in [0.05, 0.1) is 12.7 Å². The number of ether oxygens (including phenoxy) is 2. The van der Waals surface area contributed by atoms with Crippen LogP contribution in [-0.4, -0.2) is 42.9 Å². The molecule has 0 N–H and O–H groups in total. The van der Waals surface area contributed by atoms with E-state index in [1.54, 1.807) is 37.4 Å². The van der Waals surface area contributed by atoms with E-state index in [1.165, 1.54) is 0 Å². The molecule has 0 unspecified atom stereocenters. The Bertz CT molecular complexity index is 871. The van der Waals surface area contributed by atoms with Gasteiger partial charge in [0.25, 0.3) is 5.91 Å².